The molecule has 1 heterocycles. The van der Waals surface area contributed by atoms with E-state index >= 15 is 0 Å². The van der Waals surface area contributed by atoms with Gasteiger partial charge in [-0.05, 0) is 53.7 Å². The molecule has 1 aromatic heterocycles. The van der Waals surface area contributed by atoms with Gasteiger partial charge in [0, 0.05) is 16.5 Å². The second-order valence-corrected chi connectivity index (χ2v) is 6.19. The number of nitrogens with one attached hydrogen (secondary N) is 1. The summed E-state index contributed by atoms with van der Waals surface area (Å²) in [5, 5.41) is 5.73. The molecular weight excluding hydrogens is 298 g/mol. The molecule has 0 saturated heterocycles. The minimum Gasteiger partial charge on any atom is -0.377 e. The lowest BCUT2D eigenvalue weighted by molar-refractivity contribution is -0.0291. The molecule has 0 saturated carbocycles. The van der Waals surface area contributed by atoms with Crippen molar-refractivity contribution in [3.63, 3.8) is 0 Å². The Kier molecular flexibility index (Phi) is 6.13. The van der Waals surface area contributed by atoms with E-state index in [0.717, 1.165) is 19.4 Å². The van der Waals surface area contributed by atoms with E-state index in [1.807, 2.05) is 0 Å². The van der Waals surface area contributed by atoms with Crippen LogP contribution >= 0.6 is 27.3 Å². The number of methoxy groups -OCH3 is 1. The fourth-order valence-corrected chi connectivity index (χ4v) is 3.67. The first-order valence-electron chi connectivity index (χ1n) is 6.10. The van der Waals surface area contributed by atoms with E-state index in [0.29, 0.717) is 0 Å². The van der Waals surface area contributed by atoms with Gasteiger partial charge in [-0.15, -0.1) is 11.3 Å². The van der Waals surface area contributed by atoms with Crippen LogP contribution in [-0.4, -0.2) is 19.3 Å². The fourth-order valence-electron chi connectivity index (χ4n) is 1.85. The predicted molar refractivity (Wildman–Crippen MR) is 78.8 cm³/mol. The summed E-state index contributed by atoms with van der Waals surface area (Å²) >= 11 is 5.40. The van der Waals surface area contributed by atoms with Gasteiger partial charge in [-0.2, -0.15) is 0 Å². The van der Waals surface area contributed by atoms with Crippen LogP contribution < -0.4 is 5.32 Å². The normalized spacial score (nSPS) is 16.8. The zero-order valence-electron chi connectivity index (χ0n) is 11.0. The minimum absolute atomic E-state index is 0.164. The summed E-state index contributed by atoms with van der Waals surface area (Å²) < 4.78 is 6.92. The molecule has 2 atom stereocenters. The van der Waals surface area contributed by atoms with E-state index in [1.54, 1.807) is 18.4 Å². The number of halogens is 1. The van der Waals surface area contributed by atoms with Gasteiger partial charge in [0.2, 0.25) is 0 Å². The highest BCUT2D eigenvalue weighted by Crippen LogP contribution is 2.38. The lowest BCUT2D eigenvalue weighted by Crippen LogP contribution is -2.42. The van der Waals surface area contributed by atoms with E-state index in [-0.39, 0.29) is 11.6 Å². The van der Waals surface area contributed by atoms with Gasteiger partial charge < -0.3 is 10.1 Å². The van der Waals surface area contributed by atoms with Crippen LogP contribution in [0.15, 0.2) is 15.9 Å². The third-order valence-corrected chi connectivity index (χ3v) is 5.22. The highest BCUT2D eigenvalue weighted by molar-refractivity contribution is 9.10. The van der Waals surface area contributed by atoms with Crippen LogP contribution in [0.1, 0.15) is 44.5 Å². The van der Waals surface area contributed by atoms with Crippen molar-refractivity contribution in [3.8, 4) is 0 Å². The summed E-state index contributed by atoms with van der Waals surface area (Å²) in [5.74, 6) is 0. The number of hydrogen-bond acceptors (Lipinski definition) is 3. The third kappa shape index (κ3) is 3.53. The first-order valence-corrected chi connectivity index (χ1v) is 7.77. The van der Waals surface area contributed by atoms with Gasteiger partial charge in [-0.3, -0.25) is 0 Å². The maximum atomic E-state index is 5.75. The molecule has 98 valence electrons. The maximum Gasteiger partial charge on any atom is 0.0850 e. The lowest BCUT2D eigenvalue weighted by atomic mass is 9.91. The fraction of sp³-hybridized carbons (Fsp3) is 0.692. The van der Waals surface area contributed by atoms with E-state index in [1.165, 1.54) is 9.35 Å². The van der Waals surface area contributed by atoms with Crippen LogP contribution in [0.25, 0.3) is 0 Å². The predicted octanol–water partition coefficient (Wildman–Crippen LogP) is 4.37. The van der Waals surface area contributed by atoms with Crippen molar-refractivity contribution in [2.75, 3.05) is 13.7 Å². The van der Waals surface area contributed by atoms with Gasteiger partial charge in [0.1, 0.15) is 0 Å². The summed E-state index contributed by atoms with van der Waals surface area (Å²) in [6.45, 7) is 7.54. The molecule has 1 rings (SSSR count). The average Bonchev–Trinajstić information content (AvgIpc) is 2.75. The summed E-state index contributed by atoms with van der Waals surface area (Å²) in [6, 6.07) is 2.35. The van der Waals surface area contributed by atoms with Crippen LogP contribution in [0.4, 0.5) is 0 Å². The third-order valence-electron chi connectivity index (χ3n) is 3.28. The molecule has 0 aromatic carbocycles. The highest BCUT2D eigenvalue weighted by atomic mass is 79.9. The van der Waals surface area contributed by atoms with Crippen molar-refractivity contribution >= 4 is 27.3 Å². The lowest BCUT2D eigenvalue weighted by Gasteiger charge is -2.36. The molecule has 0 radical (unpaired) electrons. The Morgan fingerprint density at radius 3 is 2.65 bits per heavy atom. The van der Waals surface area contributed by atoms with E-state index in [4.69, 9.17) is 4.74 Å². The monoisotopic (exact) mass is 319 g/mol. The van der Waals surface area contributed by atoms with Crippen LogP contribution in [0.2, 0.25) is 0 Å². The molecule has 0 fully saturated rings. The van der Waals surface area contributed by atoms with Crippen LogP contribution in [0, 0.1) is 0 Å². The minimum atomic E-state index is -0.164. The topological polar surface area (TPSA) is 21.3 Å². The van der Waals surface area contributed by atoms with Gasteiger partial charge in [-0.1, -0.05) is 13.8 Å². The Morgan fingerprint density at radius 2 is 2.24 bits per heavy atom. The van der Waals surface area contributed by atoms with Gasteiger partial charge in [0.15, 0.2) is 0 Å². The molecule has 0 spiro atoms. The van der Waals surface area contributed by atoms with Gasteiger partial charge in [-0.25, -0.2) is 0 Å². The van der Waals surface area contributed by atoms with Crippen LogP contribution in [-0.2, 0) is 4.74 Å². The van der Waals surface area contributed by atoms with Gasteiger partial charge in [0.05, 0.1) is 11.6 Å². The average molecular weight is 320 g/mol. The number of rotatable bonds is 7. The van der Waals surface area contributed by atoms with E-state index < -0.39 is 0 Å². The maximum absolute atomic E-state index is 5.75. The van der Waals surface area contributed by atoms with Crippen LogP contribution in [0.5, 0.6) is 0 Å². The molecule has 4 heteroatoms. The Labute approximate surface area is 117 Å². The summed E-state index contributed by atoms with van der Waals surface area (Å²) in [5.41, 5.74) is -0.164. The molecule has 0 amide bonds. The highest BCUT2D eigenvalue weighted by Gasteiger charge is 2.35. The standard InChI is InChI=1S/C13H22BrNOS/c1-5-8-15-12(13(3,6-2)16-4)11-10(14)7-9-17-11/h7,9,12,15H,5-6,8H2,1-4H3. The zero-order chi connectivity index (χ0) is 12.9. The molecule has 2 unspecified atom stereocenters. The first kappa shape index (κ1) is 15.2. The Balaban J connectivity index is 2.99. The Bertz CT molecular complexity index is 336. The number of thiophene rings is 1. The summed E-state index contributed by atoms with van der Waals surface area (Å²) in [7, 11) is 1.80. The number of hydrogen-bond donors (Lipinski definition) is 1. The Hall–Kier alpha value is 0.1000. The molecule has 0 aliphatic heterocycles. The number of ether oxygens (including phenoxy) is 1. The molecule has 0 aliphatic rings. The summed E-state index contributed by atoms with van der Waals surface area (Å²) in [4.78, 5) is 1.32. The molecule has 0 aliphatic carbocycles. The quantitative estimate of drug-likeness (QED) is 0.806. The molecule has 1 N–H and O–H groups in total. The largest absolute Gasteiger partial charge is 0.377 e. The molecule has 2 nitrogen and oxygen atoms in total. The first-order chi connectivity index (χ1) is 8.09. The van der Waals surface area contributed by atoms with Crippen LogP contribution in [0.3, 0.4) is 0 Å². The second-order valence-electron chi connectivity index (χ2n) is 4.39. The smallest absolute Gasteiger partial charge is 0.0850 e. The van der Waals surface area contributed by atoms with E-state index in [2.05, 4.69) is 53.5 Å². The van der Waals surface area contributed by atoms with Gasteiger partial charge in [0.25, 0.3) is 0 Å². The summed E-state index contributed by atoms with van der Waals surface area (Å²) in [6.07, 6.45) is 2.11. The molecule has 0 bridgehead atoms. The zero-order valence-corrected chi connectivity index (χ0v) is 13.5. The second kappa shape index (κ2) is 6.88. The molecular formula is C13H22BrNOS. The van der Waals surface area contributed by atoms with Crippen molar-refractivity contribution in [1.29, 1.82) is 0 Å². The van der Waals surface area contributed by atoms with Crippen molar-refractivity contribution in [1.82, 2.24) is 5.32 Å². The van der Waals surface area contributed by atoms with E-state index in [9.17, 15) is 0 Å². The van der Waals surface area contributed by atoms with Crippen molar-refractivity contribution in [2.45, 2.75) is 45.3 Å². The SMILES string of the molecule is CCCNC(c1sccc1Br)C(C)(CC)OC. The van der Waals surface area contributed by atoms with Gasteiger partial charge >= 0.3 is 0 Å². The van der Waals surface area contributed by atoms with Crippen molar-refractivity contribution < 1.29 is 4.74 Å². The Morgan fingerprint density at radius 1 is 1.53 bits per heavy atom. The van der Waals surface area contributed by atoms with Crippen molar-refractivity contribution in [3.05, 3.63) is 20.8 Å². The molecule has 17 heavy (non-hydrogen) atoms. The molecule has 1 aromatic rings. The van der Waals surface area contributed by atoms with Crippen molar-refractivity contribution in [2.24, 2.45) is 0 Å².